The van der Waals surface area contributed by atoms with Gasteiger partial charge in [0.05, 0.1) is 17.6 Å². The lowest BCUT2D eigenvalue weighted by atomic mass is 10.1. The van der Waals surface area contributed by atoms with Crippen LogP contribution >= 0.6 is 15.9 Å². The number of nitrogens with zero attached hydrogens (tertiary/aromatic N) is 2. The van der Waals surface area contributed by atoms with E-state index < -0.39 is 16.9 Å². The molecule has 0 aliphatic rings. The number of aliphatic hydroxyl groups excluding tert-OH is 1. The number of likely N-dealkylation sites (N-methyl/N-ethyl adjacent to an activating group) is 1. The zero-order chi connectivity index (χ0) is 15.3. The van der Waals surface area contributed by atoms with E-state index in [1.54, 1.807) is 0 Å². The first-order valence-electron chi connectivity index (χ1n) is 5.72. The standard InChI is InChI=1S/C12H15BrN2O5/c1-14(6-11(16)7-20-2)12(17)8-3-9(13)5-10(4-8)15(18)19/h3-5,11,16H,6-7H2,1-2H3. The van der Waals surface area contributed by atoms with Gasteiger partial charge in [-0.25, -0.2) is 0 Å². The van der Waals surface area contributed by atoms with Crippen LogP contribution in [0.3, 0.4) is 0 Å². The van der Waals surface area contributed by atoms with Gasteiger partial charge in [0, 0.05) is 42.9 Å². The van der Waals surface area contributed by atoms with Crippen molar-refractivity contribution in [1.29, 1.82) is 0 Å². The van der Waals surface area contributed by atoms with Gasteiger partial charge in [-0.2, -0.15) is 0 Å². The van der Waals surface area contributed by atoms with Gasteiger partial charge in [0.25, 0.3) is 11.6 Å². The molecule has 1 N–H and O–H groups in total. The van der Waals surface area contributed by atoms with Crippen molar-refractivity contribution in [1.82, 2.24) is 4.90 Å². The SMILES string of the molecule is COCC(O)CN(C)C(=O)c1cc(Br)cc([N+](=O)[O-])c1. The van der Waals surface area contributed by atoms with E-state index in [4.69, 9.17) is 4.74 Å². The molecule has 0 heterocycles. The average Bonchev–Trinajstić information content (AvgIpc) is 2.37. The number of hydrogen-bond acceptors (Lipinski definition) is 5. The Morgan fingerprint density at radius 1 is 1.55 bits per heavy atom. The normalized spacial score (nSPS) is 12.0. The Kier molecular flexibility index (Phi) is 6.05. The fraction of sp³-hybridized carbons (Fsp3) is 0.417. The molecule has 20 heavy (non-hydrogen) atoms. The summed E-state index contributed by atoms with van der Waals surface area (Å²) in [6, 6.07) is 4.01. The molecule has 0 aromatic heterocycles. The monoisotopic (exact) mass is 346 g/mol. The smallest absolute Gasteiger partial charge is 0.271 e. The van der Waals surface area contributed by atoms with Crippen LogP contribution in [-0.2, 0) is 4.74 Å². The number of carbonyl (C=O) groups is 1. The number of ether oxygens (including phenoxy) is 1. The maximum absolute atomic E-state index is 12.1. The molecule has 7 nitrogen and oxygen atoms in total. The molecule has 0 aliphatic heterocycles. The van der Waals surface area contributed by atoms with E-state index in [0.717, 1.165) is 0 Å². The second kappa shape index (κ2) is 7.32. The number of aliphatic hydroxyl groups is 1. The van der Waals surface area contributed by atoms with Gasteiger partial charge in [-0.3, -0.25) is 14.9 Å². The molecule has 0 saturated heterocycles. The number of carbonyl (C=O) groups excluding carboxylic acids is 1. The Morgan fingerprint density at radius 3 is 2.75 bits per heavy atom. The van der Waals surface area contributed by atoms with Crippen LogP contribution in [0, 0.1) is 10.1 Å². The maximum atomic E-state index is 12.1. The summed E-state index contributed by atoms with van der Waals surface area (Å²) < 4.78 is 5.22. The number of halogens is 1. The Bertz CT molecular complexity index is 509. The molecular formula is C12H15BrN2O5. The molecule has 0 fully saturated rings. The topological polar surface area (TPSA) is 92.9 Å². The van der Waals surface area contributed by atoms with Crippen LogP contribution < -0.4 is 0 Å². The predicted molar refractivity (Wildman–Crippen MR) is 75.6 cm³/mol. The second-order valence-corrected chi connectivity index (χ2v) is 5.17. The summed E-state index contributed by atoms with van der Waals surface area (Å²) in [4.78, 5) is 23.6. The van der Waals surface area contributed by atoms with Gasteiger partial charge in [0.15, 0.2) is 0 Å². The highest BCUT2D eigenvalue weighted by atomic mass is 79.9. The van der Waals surface area contributed by atoms with Crippen LogP contribution in [0.25, 0.3) is 0 Å². The Morgan fingerprint density at radius 2 is 2.20 bits per heavy atom. The molecule has 1 unspecified atom stereocenters. The zero-order valence-corrected chi connectivity index (χ0v) is 12.7. The lowest BCUT2D eigenvalue weighted by Crippen LogP contribution is -2.36. The van der Waals surface area contributed by atoms with E-state index in [1.807, 2.05) is 0 Å². The minimum absolute atomic E-state index is 0.0764. The van der Waals surface area contributed by atoms with Gasteiger partial charge in [-0.1, -0.05) is 15.9 Å². The van der Waals surface area contributed by atoms with Crippen molar-refractivity contribution >= 4 is 27.5 Å². The van der Waals surface area contributed by atoms with Crippen LogP contribution in [0.4, 0.5) is 5.69 Å². The number of methoxy groups -OCH3 is 1. The predicted octanol–water partition coefficient (Wildman–Crippen LogP) is 1.44. The number of nitro benzene ring substituents is 1. The number of benzene rings is 1. The summed E-state index contributed by atoms with van der Waals surface area (Å²) in [5.41, 5.74) is 0.00626. The van der Waals surface area contributed by atoms with Gasteiger partial charge in [-0.15, -0.1) is 0 Å². The Hall–Kier alpha value is -1.51. The zero-order valence-electron chi connectivity index (χ0n) is 11.1. The molecule has 110 valence electrons. The van der Waals surface area contributed by atoms with Crippen molar-refractivity contribution in [3.8, 4) is 0 Å². The summed E-state index contributed by atoms with van der Waals surface area (Å²) in [5.74, 6) is -0.412. The first kappa shape index (κ1) is 16.5. The van der Waals surface area contributed by atoms with Gasteiger partial charge < -0.3 is 14.7 Å². The number of non-ortho nitro benzene ring substituents is 1. The number of nitro groups is 1. The first-order valence-corrected chi connectivity index (χ1v) is 6.52. The summed E-state index contributed by atoms with van der Waals surface area (Å²) in [7, 11) is 2.96. The van der Waals surface area contributed by atoms with E-state index >= 15 is 0 Å². The summed E-state index contributed by atoms with van der Waals surface area (Å²) >= 11 is 3.13. The van der Waals surface area contributed by atoms with E-state index in [0.29, 0.717) is 4.47 Å². The minimum atomic E-state index is -0.809. The van der Waals surface area contributed by atoms with E-state index in [9.17, 15) is 20.0 Å². The van der Waals surface area contributed by atoms with E-state index in [2.05, 4.69) is 15.9 Å². The van der Waals surface area contributed by atoms with E-state index in [1.165, 1.54) is 37.3 Å². The molecule has 1 amide bonds. The fourth-order valence-electron chi connectivity index (χ4n) is 1.67. The third-order valence-corrected chi connectivity index (χ3v) is 2.99. The molecule has 0 aliphatic carbocycles. The van der Waals surface area contributed by atoms with E-state index in [-0.39, 0.29) is 24.4 Å². The van der Waals surface area contributed by atoms with Gasteiger partial charge in [-0.05, 0) is 6.07 Å². The minimum Gasteiger partial charge on any atom is -0.389 e. The first-order chi connectivity index (χ1) is 9.35. The maximum Gasteiger partial charge on any atom is 0.271 e. The lowest BCUT2D eigenvalue weighted by Gasteiger charge is -2.20. The molecule has 8 heteroatoms. The molecule has 1 aromatic rings. The van der Waals surface area contributed by atoms with Gasteiger partial charge in [0.2, 0.25) is 0 Å². The summed E-state index contributed by atoms with van der Waals surface area (Å²) in [6.45, 7) is 0.184. The highest BCUT2D eigenvalue weighted by Gasteiger charge is 2.19. The lowest BCUT2D eigenvalue weighted by molar-refractivity contribution is -0.385. The van der Waals surface area contributed by atoms with Crippen molar-refractivity contribution in [3.63, 3.8) is 0 Å². The molecular weight excluding hydrogens is 332 g/mol. The van der Waals surface area contributed by atoms with Crippen molar-refractivity contribution in [2.24, 2.45) is 0 Å². The molecule has 0 spiro atoms. The number of hydrogen-bond donors (Lipinski definition) is 1. The van der Waals surface area contributed by atoms with Gasteiger partial charge in [0.1, 0.15) is 0 Å². The molecule has 0 saturated carbocycles. The van der Waals surface area contributed by atoms with Crippen molar-refractivity contribution in [3.05, 3.63) is 38.3 Å². The Balaban J connectivity index is 2.88. The van der Waals surface area contributed by atoms with Crippen LogP contribution in [-0.4, -0.2) is 54.3 Å². The van der Waals surface area contributed by atoms with Crippen molar-refractivity contribution in [2.75, 3.05) is 27.3 Å². The highest BCUT2D eigenvalue weighted by Crippen LogP contribution is 2.22. The number of rotatable bonds is 6. The van der Waals surface area contributed by atoms with Gasteiger partial charge >= 0.3 is 0 Å². The highest BCUT2D eigenvalue weighted by molar-refractivity contribution is 9.10. The average molecular weight is 347 g/mol. The Labute approximate surface area is 124 Å². The molecule has 1 atom stereocenters. The fourth-order valence-corrected chi connectivity index (χ4v) is 2.15. The second-order valence-electron chi connectivity index (χ2n) is 4.25. The van der Waals surface area contributed by atoms with Crippen molar-refractivity contribution < 1.29 is 19.6 Å². The quantitative estimate of drug-likeness (QED) is 0.621. The van der Waals surface area contributed by atoms with Crippen LogP contribution in [0.5, 0.6) is 0 Å². The molecule has 1 rings (SSSR count). The van der Waals surface area contributed by atoms with Crippen molar-refractivity contribution in [2.45, 2.75) is 6.10 Å². The van der Waals surface area contributed by atoms with Crippen LogP contribution in [0.2, 0.25) is 0 Å². The summed E-state index contributed by atoms with van der Waals surface area (Å²) in [5, 5.41) is 20.3. The molecule has 1 aromatic carbocycles. The summed E-state index contributed by atoms with van der Waals surface area (Å²) in [6.07, 6.45) is -0.809. The largest absolute Gasteiger partial charge is 0.389 e. The molecule has 0 radical (unpaired) electrons. The van der Waals surface area contributed by atoms with Crippen LogP contribution in [0.15, 0.2) is 22.7 Å². The van der Waals surface area contributed by atoms with Crippen LogP contribution in [0.1, 0.15) is 10.4 Å². The third kappa shape index (κ3) is 4.55. The molecule has 0 bridgehead atoms. The third-order valence-electron chi connectivity index (χ3n) is 2.53. The number of amides is 1.